The number of allylic oxidation sites excluding steroid dienone is 3. The summed E-state index contributed by atoms with van der Waals surface area (Å²) < 4.78 is 4.72. The van der Waals surface area contributed by atoms with Gasteiger partial charge < -0.3 is 16.0 Å². The van der Waals surface area contributed by atoms with Gasteiger partial charge in [0.15, 0.2) is 5.96 Å². The van der Waals surface area contributed by atoms with Crippen molar-refractivity contribution in [2.75, 3.05) is 13.1 Å². The summed E-state index contributed by atoms with van der Waals surface area (Å²) in [5.74, 6) is 0.0216. The van der Waals surface area contributed by atoms with Crippen LogP contribution in [0.25, 0.3) is 37.1 Å². The number of para-hydroxylation sites is 1. The zero-order valence-electron chi connectivity index (χ0n) is 18.3. The zero-order valence-corrected chi connectivity index (χ0v) is 19.9. The molecule has 33 heavy (non-hydrogen) atoms. The first-order valence-corrected chi connectivity index (χ1v) is 12.4. The van der Waals surface area contributed by atoms with Gasteiger partial charge in [-0.1, -0.05) is 23.5 Å². The highest BCUT2D eigenvalue weighted by atomic mass is 32.1. The van der Waals surface area contributed by atoms with Gasteiger partial charge in [-0.3, -0.25) is 5.41 Å². The Hall–Kier alpha value is -3.49. The minimum absolute atomic E-state index is 0.0216. The van der Waals surface area contributed by atoms with E-state index in [1.165, 1.54) is 25.5 Å². The summed E-state index contributed by atoms with van der Waals surface area (Å²) in [7, 11) is 2.12. The largest absolute Gasteiger partial charge is 0.370 e. The Kier molecular flexibility index (Phi) is 5.93. The molecule has 0 fully saturated rings. The van der Waals surface area contributed by atoms with Crippen LogP contribution in [0.1, 0.15) is 11.4 Å². The molecule has 0 saturated heterocycles. The highest BCUT2D eigenvalue weighted by Crippen LogP contribution is 2.33. The number of benzene rings is 2. The Balaban J connectivity index is 1.33. The van der Waals surface area contributed by atoms with Crippen LogP contribution in [0, 0.1) is 5.41 Å². The van der Waals surface area contributed by atoms with E-state index in [1.807, 2.05) is 6.07 Å². The summed E-state index contributed by atoms with van der Waals surface area (Å²) in [5.41, 5.74) is 9.93. The maximum atomic E-state index is 7.20. The second kappa shape index (κ2) is 9.17. The van der Waals surface area contributed by atoms with Crippen LogP contribution in [0.4, 0.5) is 0 Å². The van der Waals surface area contributed by atoms with Crippen LogP contribution in [0.3, 0.4) is 0 Å². The van der Waals surface area contributed by atoms with Crippen LogP contribution in [0.15, 0.2) is 72.6 Å². The van der Waals surface area contributed by atoms with E-state index in [0.29, 0.717) is 6.54 Å². The van der Waals surface area contributed by atoms with E-state index in [0.717, 1.165) is 29.1 Å². The van der Waals surface area contributed by atoms with Crippen LogP contribution < -0.4 is 15.6 Å². The molecule has 2 aromatic carbocycles. The van der Waals surface area contributed by atoms with E-state index in [9.17, 15) is 0 Å². The van der Waals surface area contributed by atoms with Crippen molar-refractivity contribution in [3.8, 4) is 10.6 Å². The maximum Gasteiger partial charge on any atom is 0.263 e. The second-order valence-corrected chi connectivity index (χ2v) is 9.97. The molecule has 0 spiro atoms. The minimum Gasteiger partial charge on any atom is -0.370 e. The number of nitrogens with two attached hydrogens (primary N) is 1. The SMILES string of the molecule is C[n+]1c(C=C2C=CN(CCCNC(=N)N)C=C2)sc2cc(-c3nc4ccccc4s3)ccc21. The van der Waals surface area contributed by atoms with Gasteiger partial charge in [-0.05, 0) is 48.4 Å². The fraction of sp³-hybridized carbons (Fsp3) is 0.160. The van der Waals surface area contributed by atoms with Gasteiger partial charge >= 0.3 is 0 Å². The molecule has 3 heterocycles. The van der Waals surface area contributed by atoms with Gasteiger partial charge in [-0.2, -0.15) is 4.57 Å². The third-order valence-electron chi connectivity index (χ3n) is 5.52. The highest BCUT2D eigenvalue weighted by Gasteiger charge is 2.17. The Morgan fingerprint density at radius 2 is 1.97 bits per heavy atom. The molecule has 0 aliphatic carbocycles. The van der Waals surface area contributed by atoms with Crippen molar-refractivity contribution in [2.24, 2.45) is 12.8 Å². The predicted octanol–water partition coefficient (Wildman–Crippen LogP) is 4.60. The molecule has 4 N–H and O–H groups in total. The van der Waals surface area contributed by atoms with Gasteiger partial charge in [0, 0.05) is 43.2 Å². The fourth-order valence-electron chi connectivity index (χ4n) is 3.77. The number of aromatic nitrogens is 2. The highest BCUT2D eigenvalue weighted by molar-refractivity contribution is 7.21. The van der Waals surface area contributed by atoms with Crippen LogP contribution in [-0.2, 0) is 7.05 Å². The summed E-state index contributed by atoms with van der Waals surface area (Å²) in [6, 6.07) is 14.9. The van der Waals surface area contributed by atoms with Crippen molar-refractivity contribution in [1.29, 1.82) is 5.41 Å². The van der Waals surface area contributed by atoms with Crippen LogP contribution >= 0.6 is 22.7 Å². The van der Waals surface area contributed by atoms with E-state index in [2.05, 4.69) is 88.9 Å². The molecule has 0 amide bonds. The van der Waals surface area contributed by atoms with Gasteiger partial charge in [0.25, 0.3) is 5.01 Å². The summed E-state index contributed by atoms with van der Waals surface area (Å²) in [6.45, 7) is 1.58. The number of aryl methyl sites for hydroxylation is 1. The van der Waals surface area contributed by atoms with E-state index in [-0.39, 0.29) is 5.96 Å². The summed E-state index contributed by atoms with van der Waals surface area (Å²) in [6.07, 6.45) is 11.6. The molecule has 2 aromatic heterocycles. The molecule has 0 unspecified atom stereocenters. The lowest BCUT2D eigenvalue weighted by molar-refractivity contribution is -0.642. The quantitative estimate of drug-likeness (QED) is 0.165. The number of guanidine groups is 1. The van der Waals surface area contributed by atoms with Crippen molar-refractivity contribution in [2.45, 2.75) is 6.42 Å². The molecule has 166 valence electrons. The van der Waals surface area contributed by atoms with Crippen molar-refractivity contribution in [1.82, 2.24) is 15.2 Å². The van der Waals surface area contributed by atoms with Gasteiger partial charge in [0.2, 0.25) is 5.52 Å². The lowest BCUT2D eigenvalue weighted by Crippen LogP contribution is -2.32. The van der Waals surface area contributed by atoms with E-state index in [4.69, 9.17) is 16.1 Å². The Bertz CT molecular complexity index is 1380. The molecule has 8 heteroatoms. The fourth-order valence-corrected chi connectivity index (χ4v) is 5.88. The average molecular weight is 474 g/mol. The molecule has 6 nitrogen and oxygen atoms in total. The van der Waals surface area contributed by atoms with Gasteiger partial charge in [-0.25, -0.2) is 4.98 Å². The molecule has 0 saturated carbocycles. The Labute approximate surface area is 200 Å². The standard InChI is InChI=1S/C25H25N6S2/c1-30-20-8-7-18(24-29-19-5-2-3-6-21(19)33-24)16-22(20)32-23(30)15-17-9-13-31(14-10-17)12-4-11-28-25(26)27/h2-3,5-10,13-16H,4,11-12H2,1H3,(H4,26,27,28)/q+1. The van der Waals surface area contributed by atoms with Crippen molar-refractivity contribution in [3.63, 3.8) is 0 Å². The zero-order chi connectivity index (χ0) is 22.8. The normalized spacial score (nSPS) is 13.2. The van der Waals surface area contributed by atoms with Crippen LogP contribution in [0.2, 0.25) is 0 Å². The maximum absolute atomic E-state index is 7.20. The number of nitrogens with zero attached hydrogens (tertiary/aromatic N) is 3. The molecule has 1 aliphatic rings. The molecular weight excluding hydrogens is 448 g/mol. The summed E-state index contributed by atoms with van der Waals surface area (Å²) >= 11 is 3.53. The molecule has 5 rings (SSSR count). The minimum atomic E-state index is 0.0216. The molecule has 4 aromatic rings. The van der Waals surface area contributed by atoms with Crippen molar-refractivity contribution in [3.05, 3.63) is 77.6 Å². The molecule has 0 atom stereocenters. The van der Waals surface area contributed by atoms with E-state index >= 15 is 0 Å². The number of thiazole rings is 2. The van der Waals surface area contributed by atoms with E-state index < -0.39 is 0 Å². The smallest absolute Gasteiger partial charge is 0.263 e. The number of hydrogen-bond acceptors (Lipinski definition) is 5. The summed E-state index contributed by atoms with van der Waals surface area (Å²) in [5, 5.41) is 12.3. The van der Waals surface area contributed by atoms with Crippen molar-refractivity contribution < 1.29 is 4.57 Å². The number of nitrogens with one attached hydrogen (secondary N) is 2. The first kappa shape index (κ1) is 21.4. The first-order valence-electron chi connectivity index (χ1n) is 10.8. The molecular formula is C25H25N6S2+. The van der Waals surface area contributed by atoms with E-state index in [1.54, 1.807) is 22.7 Å². The molecule has 1 aliphatic heterocycles. The second-order valence-electron chi connectivity index (χ2n) is 7.88. The Morgan fingerprint density at radius 1 is 1.15 bits per heavy atom. The summed E-state index contributed by atoms with van der Waals surface area (Å²) in [4.78, 5) is 6.96. The number of rotatable bonds is 6. The number of hydrogen-bond donors (Lipinski definition) is 3. The first-order chi connectivity index (χ1) is 16.1. The number of fused-ring (bicyclic) bond motifs is 2. The van der Waals surface area contributed by atoms with Crippen LogP contribution in [-0.4, -0.2) is 28.9 Å². The monoisotopic (exact) mass is 473 g/mol. The lowest BCUT2D eigenvalue weighted by Gasteiger charge is -2.18. The van der Waals surface area contributed by atoms with Crippen molar-refractivity contribution >= 4 is 55.1 Å². The van der Waals surface area contributed by atoms with Gasteiger partial charge in [0.1, 0.15) is 16.8 Å². The third-order valence-corrected chi connectivity index (χ3v) is 7.76. The third kappa shape index (κ3) is 4.67. The predicted molar refractivity (Wildman–Crippen MR) is 139 cm³/mol. The Morgan fingerprint density at radius 3 is 2.76 bits per heavy atom. The van der Waals surface area contributed by atoms with Gasteiger partial charge in [0.05, 0.1) is 10.2 Å². The molecule has 0 bridgehead atoms. The lowest BCUT2D eigenvalue weighted by atomic mass is 10.2. The van der Waals surface area contributed by atoms with Crippen LogP contribution in [0.5, 0.6) is 0 Å². The molecule has 0 radical (unpaired) electrons. The van der Waals surface area contributed by atoms with Gasteiger partial charge in [-0.15, -0.1) is 11.3 Å². The topological polar surface area (TPSA) is 81.9 Å². The average Bonchev–Trinajstić information content (AvgIpc) is 3.38.